The molecule has 2 fully saturated rings. The molecular weight excluding hydrogens is 254 g/mol. The number of piperidine rings is 1. The lowest BCUT2D eigenvalue weighted by Gasteiger charge is -2.38. The number of nitrogens with one attached hydrogen (secondary N) is 1. The normalized spacial score (nSPS) is 22.9. The average molecular weight is 277 g/mol. The number of rotatable bonds is 2. The van der Waals surface area contributed by atoms with Crippen LogP contribution < -0.4 is 5.32 Å². The molecule has 0 aromatic rings. The third kappa shape index (κ3) is 3.12. The van der Waals surface area contributed by atoms with Crippen molar-refractivity contribution in [3.8, 4) is 6.07 Å². The fourth-order valence-corrected chi connectivity index (χ4v) is 3.35. The summed E-state index contributed by atoms with van der Waals surface area (Å²) in [6.07, 6.45) is 6.05. The fraction of sp³-hybridized carbons (Fsp3) is 0.800. The standard InChI is InChI=1S/C15H23N3O2/c1-12(19)17-13-5-9-18(10-6-13)14(20)15(11-16)7-3-2-4-8-15/h13H,2-10H2,1H3,(H,17,19). The van der Waals surface area contributed by atoms with E-state index in [-0.39, 0.29) is 17.9 Å². The van der Waals surface area contributed by atoms with Gasteiger partial charge in [0.2, 0.25) is 11.8 Å². The number of likely N-dealkylation sites (tertiary alicyclic amines) is 1. The van der Waals surface area contributed by atoms with Gasteiger partial charge >= 0.3 is 0 Å². The van der Waals surface area contributed by atoms with Crippen LogP contribution in [0, 0.1) is 16.7 Å². The van der Waals surface area contributed by atoms with Gasteiger partial charge in [-0.05, 0) is 25.7 Å². The maximum absolute atomic E-state index is 12.7. The van der Waals surface area contributed by atoms with E-state index in [0.29, 0.717) is 25.9 Å². The molecule has 1 N–H and O–H groups in total. The molecule has 0 radical (unpaired) electrons. The van der Waals surface area contributed by atoms with Crippen LogP contribution in [0.2, 0.25) is 0 Å². The SMILES string of the molecule is CC(=O)NC1CCN(C(=O)C2(C#N)CCCCC2)CC1. The molecule has 0 bridgehead atoms. The highest BCUT2D eigenvalue weighted by atomic mass is 16.2. The quantitative estimate of drug-likeness (QED) is 0.833. The van der Waals surface area contributed by atoms with Gasteiger partial charge in [-0.3, -0.25) is 9.59 Å². The van der Waals surface area contributed by atoms with Gasteiger partial charge in [-0.2, -0.15) is 5.26 Å². The molecule has 0 spiro atoms. The van der Waals surface area contributed by atoms with Crippen LogP contribution in [0.3, 0.4) is 0 Å². The first-order chi connectivity index (χ1) is 9.57. The van der Waals surface area contributed by atoms with Crippen LogP contribution in [0.4, 0.5) is 0 Å². The van der Waals surface area contributed by atoms with Gasteiger partial charge in [-0.25, -0.2) is 0 Å². The van der Waals surface area contributed by atoms with Crippen molar-refractivity contribution in [3.63, 3.8) is 0 Å². The van der Waals surface area contributed by atoms with Crippen molar-refractivity contribution in [2.45, 2.75) is 57.9 Å². The second-order valence-corrected chi connectivity index (χ2v) is 6.02. The second kappa shape index (κ2) is 6.25. The molecule has 110 valence electrons. The number of carbonyl (C=O) groups is 2. The number of hydrogen-bond acceptors (Lipinski definition) is 3. The Hall–Kier alpha value is -1.57. The Morgan fingerprint density at radius 1 is 1.20 bits per heavy atom. The zero-order chi connectivity index (χ0) is 14.6. The largest absolute Gasteiger partial charge is 0.353 e. The molecule has 1 saturated heterocycles. The number of nitriles is 1. The van der Waals surface area contributed by atoms with Crippen LogP contribution in [0.1, 0.15) is 51.9 Å². The molecule has 2 amide bonds. The lowest BCUT2D eigenvalue weighted by atomic mass is 9.74. The summed E-state index contributed by atoms with van der Waals surface area (Å²) in [4.78, 5) is 25.5. The molecule has 0 atom stereocenters. The molecule has 1 saturated carbocycles. The Labute approximate surface area is 120 Å². The monoisotopic (exact) mass is 277 g/mol. The minimum absolute atomic E-state index is 0.0148. The fourth-order valence-electron chi connectivity index (χ4n) is 3.35. The molecule has 2 aliphatic rings. The van der Waals surface area contributed by atoms with E-state index in [1.807, 2.05) is 4.90 Å². The van der Waals surface area contributed by atoms with Crippen LogP contribution in [-0.2, 0) is 9.59 Å². The van der Waals surface area contributed by atoms with Crippen LogP contribution >= 0.6 is 0 Å². The summed E-state index contributed by atoms with van der Waals surface area (Å²) in [6, 6.07) is 2.46. The first-order valence-electron chi connectivity index (χ1n) is 7.55. The van der Waals surface area contributed by atoms with Crippen molar-refractivity contribution in [1.29, 1.82) is 5.26 Å². The minimum atomic E-state index is -0.779. The van der Waals surface area contributed by atoms with Crippen molar-refractivity contribution < 1.29 is 9.59 Å². The van der Waals surface area contributed by atoms with Gasteiger partial charge in [0.15, 0.2) is 0 Å². The number of carbonyl (C=O) groups excluding carboxylic acids is 2. The Morgan fingerprint density at radius 3 is 2.30 bits per heavy atom. The highest BCUT2D eigenvalue weighted by Gasteiger charge is 2.43. The third-order valence-corrected chi connectivity index (χ3v) is 4.52. The molecule has 0 aromatic carbocycles. The minimum Gasteiger partial charge on any atom is -0.353 e. The van der Waals surface area contributed by atoms with Gasteiger partial charge in [0, 0.05) is 26.1 Å². The molecule has 1 aliphatic heterocycles. The highest BCUT2D eigenvalue weighted by molar-refractivity contribution is 5.85. The Bertz CT molecular complexity index is 413. The first-order valence-corrected chi connectivity index (χ1v) is 7.55. The maximum atomic E-state index is 12.7. The summed E-state index contributed by atoms with van der Waals surface area (Å²) < 4.78 is 0. The van der Waals surface area contributed by atoms with Crippen molar-refractivity contribution in [2.75, 3.05) is 13.1 Å². The predicted octanol–water partition coefficient (Wildman–Crippen LogP) is 1.59. The maximum Gasteiger partial charge on any atom is 0.243 e. The molecule has 0 aromatic heterocycles. The first kappa shape index (κ1) is 14.8. The molecule has 0 unspecified atom stereocenters. The van der Waals surface area contributed by atoms with E-state index < -0.39 is 5.41 Å². The van der Waals surface area contributed by atoms with Crippen LogP contribution in [-0.4, -0.2) is 35.8 Å². The molecule has 1 aliphatic carbocycles. The summed E-state index contributed by atoms with van der Waals surface area (Å²) >= 11 is 0. The summed E-state index contributed by atoms with van der Waals surface area (Å²) in [6.45, 7) is 2.81. The Morgan fingerprint density at radius 2 is 1.80 bits per heavy atom. The van der Waals surface area contributed by atoms with E-state index in [9.17, 15) is 14.9 Å². The summed E-state index contributed by atoms with van der Waals surface area (Å²) in [5.74, 6) is -0.00322. The van der Waals surface area contributed by atoms with E-state index in [1.54, 1.807) is 0 Å². The number of nitrogens with zero attached hydrogens (tertiary/aromatic N) is 2. The molecule has 20 heavy (non-hydrogen) atoms. The highest BCUT2D eigenvalue weighted by Crippen LogP contribution is 2.37. The zero-order valence-corrected chi connectivity index (χ0v) is 12.2. The third-order valence-electron chi connectivity index (χ3n) is 4.52. The van der Waals surface area contributed by atoms with E-state index in [2.05, 4.69) is 11.4 Å². The summed E-state index contributed by atoms with van der Waals surface area (Å²) in [7, 11) is 0. The van der Waals surface area contributed by atoms with Crippen LogP contribution in [0.15, 0.2) is 0 Å². The number of amides is 2. The van der Waals surface area contributed by atoms with E-state index in [1.165, 1.54) is 6.92 Å². The molecular formula is C15H23N3O2. The zero-order valence-electron chi connectivity index (χ0n) is 12.2. The van der Waals surface area contributed by atoms with Gasteiger partial charge in [-0.1, -0.05) is 19.3 Å². The lowest BCUT2D eigenvalue weighted by molar-refractivity contribution is -0.141. The molecule has 5 heteroatoms. The molecule has 2 rings (SSSR count). The Kier molecular flexibility index (Phi) is 4.64. The lowest BCUT2D eigenvalue weighted by Crippen LogP contribution is -2.51. The Balaban J connectivity index is 1.94. The van der Waals surface area contributed by atoms with Crippen molar-refractivity contribution in [3.05, 3.63) is 0 Å². The smallest absolute Gasteiger partial charge is 0.243 e. The van der Waals surface area contributed by atoms with Crippen molar-refractivity contribution in [1.82, 2.24) is 10.2 Å². The van der Waals surface area contributed by atoms with E-state index in [0.717, 1.165) is 32.1 Å². The molecule has 5 nitrogen and oxygen atoms in total. The topological polar surface area (TPSA) is 73.2 Å². The van der Waals surface area contributed by atoms with Crippen molar-refractivity contribution >= 4 is 11.8 Å². The molecule has 1 heterocycles. The van der Waals surface area contributed by atoms with Gasteiger partial charge in [0.05, 0.1) is 6.07 Å². The van der Waals surface area contributed by atoms with Crippen LogP contribution in [0.25, 0.3) is 0 Å². The predicted molar refractivity (Wildman–Crippen MR) is 74.5 cm³/mol. The van der Waals surface area contributed by atoms with Gasteiger partial charge in [-0.15, -0.1) is 0 Å². The average Bonchev–Trinajstić information content (AvgIpc) is 2.47. The van der Waals surface area contributed by atoms with Crippen molar-refractivity contribution in [2.24, 2.45) is 5.41 Å². The van der Waals surface area contributed by atoms with Crippen LogP contribution in [0.5, 0.6) is 0 Å². The van der Waals surface area contributed by atoms with E-state index in [4.69, 9.17) is 0 Å². The number of hydrogen-bond donors (Lipinski definition) is 1. The summed E-state index contributed by atoms with van der Waals surface area (Å²) in [5, 5.41) is 12.4. The van der Waals surface area contributed by atoms with E-state index >= 15 is 0 Å². The summed E-state index contributed by atoms with van der Waals surface area (Å²) in [5.41, 5.74) is -0.779. The van der Waals surface area contributed by atoms with Gasteiger partial charge in [0.25, 0.3) is 0 Å². The van der Waals surface area contributed by atoms with Gasteiger partial charge in [0.1, 0.15) is 5.41 Å². The second-order valence-electron chi connectivity index (χ2n) is 6.02. The van der Waals surface area contributed by atoms with Gasteiger partial charge < -0.3 is 10.2 Å².